The van der Waals surface area contributed by atoms with Gasteiger partial charge >= 0.3 is 0 Å². The minimum Gasteiger partial charge on any atom is -0.303 e. The predicted octanol–water partition coefficient (Wildman–Crippen LogP) is 1.92. The van der Waals surface area contributed by atoms with Crippen molar-refractivity contribution < 1.29 is 4.79 Å². The molecule has 0 saturated heterocycles. The Morgan fingerprint density at radius 1 is 1.33 bits per heavy atom. The summed E-state index contributed by atoms with van der Waals surface area (Å²) in [6, 6.07) is 6.30. The van der Waals surface area contributed by atoms with Crippen molar-refractivity contribution in [1.29, 1.82) is 0 Å². The number of aldehydes is 1. The Morgan fingerprint density at radius 3 is 3.08 bits per heavy atom. The molecule has 0 atom stereocenters. The Kier molecular flexibility index (Phi) is 1.94. The lowest BCUT2D eigenvalue weighted by Gasteiger charge is -2.03. The Bertz CT molecular complexity index is 302. The molecule has 0 amide bonds. The van der Waals surface area contributed by atoms with Crippen molar-refractivity contribution in [1.82, 2.24) is 0 Å². The lowest BCUT2D eigenvalue weighted by molar-refractivity contribution is -0.107. The summed E-state index contributed by atoms with van der Waals surface area (Å²) in [5.41, 5.74) is 4.12. The number of hydrogen-bond acceptors (Lipinski definition) is 1. The van der Waals surface area contributed by atoms with E-state index in [0.717, 1.165) is 6.29 Å². The summed E-state index contributed by atoms with van der Waals surface area (Å²) in [6.45, 7) is 0. The van der Waals surface area contributed by atoms with Crippen molar-refractivity contribution in [2.75, 3.05) is 0 Å². The molecule has 0 aliphatic heterocycles. The van der Waals surface area contributed by atoms with Gasteiger partial charge < -0.3 is 4.79 Å². The van der Waals surface area contributed by atoms with Gasteiger partial charge in [-0.1, -0.05) is 18.2 Å². The molecule has 0 radical (unpaired) electrons. The summed E-state index contributed by atoms with van der Waals surface area (Å²) in [5.74, 6) is 0. The van der Waals surface area contributed by atoms with E-state index in [4.69, 9.17) is 0 Å². The van der Waals surface area contributed by atoms with Crippen molar-refractivity contribution in [2.24, 2.45) is 0 Å². The lowest BCUT2D eigenvalue weighted by atomic mass is 10.0. The maximum Gasteiger partial charge on any atom is 0.124 e. The summed E-state index contributed by atoms with van der Waals surface area (Å²) >= 11 is 0. The molecule has 0 spiro atoms. The highest BCUT2D eigenvalue weighted by molar-refractivity contribution is 5.57. The minimum absolute atomic E-state index is 0.586. The van der Waals surface area contributed by atoms with E-state index in [1.54, 1.807) is 0 Å². The zero-order valence-electron chi connectivity index (χ0n) is 7.05. The molecule has 62 valence electrons. The molecule has 0 N–H and O–H groups in total. The average Bonchev–Trinajstić information content (AvgIpc) is 2.53. The summed E-state index contributed by atoms with van der Waals surface area (Å²) in [4.78, 5) is 10.4. The zero-order chi connectivity index (χ0) is 8.39. The number of carbonyl (C=O) groups is 1. The quantitative estimate of drug-likeness (QED) is 0.604. The van der Waals surface area contributed by atoms with Crippen LogP contribution in [0.25, 0.3) is 0 Å². The highest BCUT2D eigenvalue weighted by atomic mass is 16.1. The van der Waals surface area contributed by atoms with E-state index in [9.17, 15) is 4.79 Å². The number of aryl methyl sites for hydroxylation is 1. The summed E-state index contributed by atoms with van der Waals surface area (Å²) in [6.07, 6.45) is 5.20. The molecule has 0 bridgehead atoms. The Labute approximate surface area is 72.4 Å². The molecule has 0 saturated carbocycles. The fraction of sp³-hybridized carbons (Fsp3) is 0.364. The lowest BCUT2D eigenvalue weighted by Crippen LogP contribution is -1.93. The molecule has 1 aliphatic rings. The van der Waals surface area contributed by atoms with Gasteiger partial charge in [0.25, 0.3) is 0 Å². The standard InChI is InChI=1S/C11H12O/c12-8-7-10-4-1-3-9-5-2-6-11(9)10/h1,3-4,8H,2,5-7H2. The second kappa shape index (κ2) is 3.10. The molecule has 0 heterocycles. The van der Waals surface area contributed by atoms with Gasteiger partial charge in [0.15, 0.2) is 0 Å². The Balaban J connectivity index is 2.42. The van der Waals surface area contributed by atoms with E-state index in [1.807, 2.05) is 0 Å². The molecule has 1 nitrogen and oxygen atoms in total. The van der Waals surface area contributed by atoms with Crippen molar-refractivity contribution in [2.45, 2.75) is 25.7 Å². The molecule has 1 aromatic rings. The first kappa shape index (κ1) is 7.53. The zero-order valence-corrected chi connectivity index (χ0v) is 7.05. The SMILES string of the molecule is O=CCc1cccc2c1CCC2. The van der Waals surface area contributed by atoms with Crippen LogP contribution in [0.1, 0.15) is 23.1 Å². The third-order valence-corrected chi connectivity index (χ3v) is 2.55. The highest BCUT2D eigenvalue weighted by Gasteiger charge is 2.13. The van der Waals surface area contributed by atoms with Gasteiger partial charge in [-0.2, -0.15) is 0 Å². The molecule has 0 unspecified atom stereocenters. The third kappa shape index (κ3) is 1.15. The van der Waals surface area contributed by atoms with Gasteiger partial charge in [0.05, 0.1) is 0 Å². The van der Waals surface area contributed by atoms with Crippen LogP contribution in [0.4, 0.5) is 0 Å². The molecule has 2 rings (SSSR count). The van der Waals surface area contributed by atoms with Gasteiger partial charge in [-0.05, 0) is 36.0 Å². The molecular weight excluding hydrogens is 148 g/mol. The molecule has 1 aromatic carbocycles. The molecule has 0 aromatic heterocycles. The van der Waals surface area contributed by atoms with E-state index in [-0.39, 0.29) is 0 Å². The van der Waals surface area contributed by atoms with Crippen LogP contribution in [0.2, 0.25) is 0 Å². The average molecular weight is 160 g/mol. The number of benzene rings is 1. The first-order valence-corrected chi connectivity index (χ1v) is 4.45. The minimum atomic E-state index is 0.586. The number of hydrogen-bond donors (Lipinski definition) is 0. The van der Waals surface area contributed by atoms with Crippen LogP contribution in [0.3, 0.4) is 0 Å². The maximum atomic E-state index is 10.4. The Hall–Kier alpha value is -1.11. The largest absolute Gasteiger partial charge is 0.303 e. The summed E-state index contributed by atoms with van der Waals surface area (Å²) in [5, 5.41) is 0. The van der Waals surface area contributed by atoms with Gasteiger partial charge in [-0.15, -0.1) is 0 Å². The molecule has 1 aliphatic carbocycles. The van der Waals surface area contributed by atoms with Crippen LogP contribution in [0.15, 0.2) is 18.2 Å². The monoisotopic (exact) mass is 160 g/mol. The summed E-state index contributed by atoms with van der Waals surface area (Å²) < 4.78 is 0. The van der Waals surface area contributed by atoms with Gasteiger partial charge in [-0.25, -0.2) is 0 Å². The molecule has 12 heavy (non-hydrogen) atoms. The summed E-state index contributed by atoms with van der Waals surface area (Å²) in [7, 11) is 0. The van der Waals surface area contributed by atoms with Gasteiger partial charge in [0, 0.05) is 6.42 Å². The third-order valence-electron chi connectivity index (χ3n) is 2.55. The highest BCUT2D eigenvalue weighted by Crippen LogP contribution is 2.24. The molecular formula is C11H12O. The molecule has 1 heteroatoms. The van der Waals surface area contributed by atoms with Crippen molar-refractivity contribution in [3.63, 3.8) is 0 Å². The van der Waals surface area contributed by atoms with E-state index in [1.165, 1.54) is 36.0 Å². The van der Waals surface area contributed by atoms with E-state index in [0.29, 0.717) is 6.42 Å². The van der Waals surface area contributed by atoms with E-state index in [2.05, 4.69) is 18.2 Å². The van der Waals surface area contributed by atoms with Crippen LogP contribution in [-0.4, -0.2) is 6.29 Å². The predicted molar refractivity (Wildman–Crippen MR) is 48.2 cm³/mol. The van der Waals surface area contributed by atoms with E-state index < -0.39 is 0 Å². The maximum absolute atomic E-state index is 10.4. The number of fused-ring (bicyclic) bond motifs is 1. The van der Waals surface area contributed by atoms with Crippen LogP contribution >= 0.6 is 0 Å². The first-order chi connectivity index (χ1) is 5.92. The van der Waals surface area contributed by atoms with Gasteiger partial charge in [0.2, 0.25) is 0 Å². The van der Waals surface area contributed by atoms with Crippen LogP contribution in [0.5, 0.6) is 0 Å². The second-order valence-electron chi connectivity index (χ2n) is 3.28. The van der Waals surface area contributed by atoms with Crippen molar-refractivity contribution in [3.05, 3.63) is 34.9 Å². The van der Waals surface area contributed by atoms with Gasteiger partial charge in [-0.3, -0.25) is 0 Å². The van der Waals surface area contributed by atoms with Crippen molar-refractivity contribution >= 4 is 6.29 Å². The first-order valence-electron chi connectivity index (χ1n) is 4.45. The fourth-order valence-corrected chi connectivity index (χ4v) is 1.98. The topological polar surface area (TPSA) is 17.1 Å². The molecule has 0 fully saturated rings. The van der Waals surface area contributed by atoms with Crippen LogP contribution in [-0.2, 0) is 24.1 Å². The fourth-order valence-electron chi connectivity index (χ4n) is 1.98. The van der Waals surface area contributed by atoms with Crippen molar-refractivity contribution in [3.8, 4) is 0 Å². The Morgan fingerprint density at radius 2 is 2.25 bits per heavy atom. The van der Waals surface area contributed by atoms with Crippen LogP contribution < -0.4 is 0 Å². The smallest absolute Gasteiger partial charge is 0.124 e. The normalized spacial score (nSPS) is 14.3. The van der Waals surface area contributed by atoms with Crippen LogP contribution in [0, 0.1) is 0 Å². The second-order valence-corrected chi connectivity index (χ2v) is 3.28. The van der Waals surface area contributed by atoms with E-state index >= 15 is 0 Å². The van der Waals surface area contributed by atoms with Gasteiger partial charge in [0.1, 0.15) is 6.29 Å². The number of carbonyl (C=O) groups excluding carboxylic acids is 1. The number of rotatable bonds is 2.